The van der Waals surface area contributed by atoms with Crippen molar-refractivity contribution in [1.82, 2.24) is 4.72 Å². The molecule has 1 aliphatic heterocycles. The quantitative estimate of drug-likeness (QED) is 0.853. The molecule has 1 saturated heterocycles. The summed E-state index contributed by atoms with van der Waals surface area (Å²) in [6, 6.07) is 2.44. The van der Waals surface area contributed by atoms with Crippen LogP contribution < -0.4 is 4.72 Å². The van der Waals surface area contributed by atoms with Crippen LogP contribution in [0.5, 0.6) is 0 Å². The minimum atomic E-state index is -3.67. The van der Waals surface area contributed by atoms with Crippen LogP contribution in [0.3, 0.4) is 0 Å². The van der Waals surface area contributed by atoms with Crippen molar-refractivity contribution in [1.29, 1.82) is 0 Å². The summed E-state index contributed by atoms with van der Waals surface area (Å²) in [4.78, 5) is 10.8. The Morgan fingerprint density at radius 3 is 2.70 bits per heavy atom. The first kappa shape index (κ1) is 14.0. The van der Waals surface area contributed by atoms with E-state index in [9.17, 15) is 13.2 Å². The number of sulfonamides is 1. The summed E-state index contributed by atoms with van der Waals surface area (Å²) in [6.07, 6.45) is 2.80. The second-order valence-electron chi connectivity index (χ2n) is 5.11. The van der Waals surface area contributed by atoms with Gasteiger partial charge in [0, 0.05) is 6.61 Å². The number of nitrogens with one attached hydrogen (secondary N) is 1. The number of hydrogen-bond acceptors (Lipinski definition) is 5. The molecular weight excluding hydrogens is 302 g/mol. The predicted octanol–water partition coefficient (Wildman–Crippen LogP) is 1.29. The molecule has 2 aliphatic rings. The molecule has 2 fully saturated rings. The number of carbonyl (C=O) groups is 1. The van der Waals surface area contributed by atoms with Gasteiger partial charge in [0.2, 0.25) is 10.0 Å². The smallest absolute Gasteiger partial charge is 0.345 e. The lowest BCUT2D eigenvalue weighted by molar-refractivity contribution is 0.0702. The zero-order valence-corrected chi connectivity index (χ0v) is 12.2. The van der Waals surface area contributed by atoms with Crippen LogP contribution in [0, 0.1) is 5.92 Å². The van der Waals surface area contributed by atoms with Crippen molar-refractivity contribution in [3.05, 3.63) is 17.0 Å². The van der Waals surface area contributed by atoms with E-state index in [4.69, 9.17) is 9.84 Å². The summed E-state index contributed by atoms with van der Waals surface area (Å²) in [5.74, 6) is -0.653. The fraction of sp³-hybridized carbons (Fsp3) is 0.583. The molecule has 3 rings (SSSR count). The van der Waals surface area contributed by atoms with Gasteiger partial charge in [-0.05, 0) is 37.3 Å². The highest BCUT2D eigenvalue weighted by molar-refractivity contribution is 7.91. The maximum Gasteiger partial charge on any atom is 0.345 e. The van der Waals surface area contributed by atoms with Gasteiger partial charge in [0.25, 0.3) is 0 Å². The Bertz CT molecular complexity index is 620. The molecule has 1 aromatic rings. The van der Waals surface area contributed by atoms with Crippen molar-refractivity contribution < 1.29 is 23.1 Å². The monoisotopic (exact) mass is 317 g/mol. The second kappa shape index (κ2) is 5.10. The number of carboxylic acids is 1. The van der Waals surface area contributed by atoms with Crippen LogP contribution in [0.4, 0.5) is 0 Å². The minimum absolute atomic E-state index is 0.0202. The molecule has 1 saturated carbocycles. The van der Waals surface area contributed by atoms with Crippen LogP contribution in [-0.4, -0.2) is 38.2 Å². The van der Waals surface area contributed by atoms with Crippen molar-refractivity contribution in [3.8, 4) is 0 Å². The molecule has 20 heavy (non-hydrogen) atoms. The molecule has 1 aromatic heterocycles. The molecule has 2 atom stereocenters. The molecule has 0 amide bonds. The van der Waals surface area contributed by atoms with Crippen molar-refractivity contribution in [2.75, 3.05) is 6.61 Å². The SMILES string of the molecule is O=C(O)c1ccc(S(=O)(=O)NC2CCOC2C2CC2)s1. The number of hydrogen-bond donors (Lipinski definition) is 2. The molecule has 0 aromatic carbocycles. The van der Waals surface area contributed by atoms with Gasteiger partial charge in [0.05, 0.1) is 12.1 Å². The Hall–Kier alpha value is -0.960. The van der Waals surface area contributed by atoms with Gasteiger partial charge in [-0.2, -0.15) is 0 Å². The molecule has 0 radical (unpaired) electrons. The van der Waals surface area contributed by atoms with E-state index in [1.54, 1.807) is 0 Å². The molecule has 8 heteroatoms. The van der Waals surface area contributed by atoms with Gasteiger partial charge >= 0.3 is 5.97 Å². The molecule has 0 spiro atoms. The third-order valence-electron chi connectivity index (χ3n) is 3.59. The van der Waals surface area contributed by atoms with Crippen molar-refractivity contribution in [2.24, 2.45) is 5.92 Å². The molecule has 1 aliphatic carbocycles. The highest BCUT2D eigenvalue weighted by Gasteiger charge is 2.42. The van der Waals surface area contributed by atoms with E-state index >= 15 is 0 Å². The van der Waals surface area contributed by atoms with Crippen LogP contribution in [-0.2, 0) is 14.8 Å². The van der Waals surface area contributed by atoms with E-state index in [2.05, 4.69) is 4.72 Å². The Kier molecular flexibility index (Phi) is 3.57. The Labute approximate surface area is 120 Å². The van der Waals surface area contributed by atoms with Crippen LogP contribution in [0.1, 0.15) is 28.9 Å². The summed E-state index contributed by atoms with van der Waals surface area (Å²) in [7, 11) is -3.67. The van der Waals surface area contributed by atoms with Gasteiger partial charge < -0.3 is 9.84 Å². The largest absolute Gasteiger partial charge is 0.477 e. The number of aromatic carboxylic acids is 1. The molecular formula is C12H15NO5S2. The first-order valence-electron chi connectivity index (χ1n) is 6.44. The molecule has 0 bridgehead atoms. The van der Waals surface area contributed by atoms with Gasteiger partial charge in [0.15, 0.2) is 0 Å². The van der Waals surface area contributed by atoms with Gasteiger partial charge in [-0.15, -0.1) is 11.3 Å². The van der Waals surface area contributed by atoms with Crippen LogP contribution in [0.25, 0.3) is 0 Å². The predicted molar refractivity (Wildman–Crippen MR) is 72.5 cm³/mol. The summed E-state index contributed by atoms with van der Waals surface area (Å²) in [5, 5.41) is 8.85. The number of rotatable bonds is 5. The average Bonchev–Trinajstić information content (AvgIpc) is 2.92. The minimum Gasteiger partial charge on any atom is -0.477 e. The van der Waals surface area contributed by atoms with Gasteiger partial charge in [-0.3, -0.25) is 0 Å². The number of ether oxygens (including phenoxy) is 1. The van der Waals surface area contributed by atoms with Gasteiger partial charge in [-0.1, -0.05) is 0 Å². The summed E-state index contributed by atoms with van der Waals surface area (Å²) >= 11 is 0.766. The van der Waals surface area contributed by atoms with E-state index < -0.39 is 16.0 Å². The number of carboxylic acid groups (broad SMARTS) is 1. The van der Waals surface area contributed by atoms with Crippen molar-refractivity contribution >= 4 is 27.3 Å². The van der Waals surface area contributed by atoms with E-state index in [1.807, 2.05) is 0 Å². The highest BCUT2D eigenvalue weighted by atomic mass is 32.2. The zero-order valence-electron chi connectivity index (χ0n) is 10.6. The Morgan fingerprint density at radius 2 is 2.10 bits per heavy atom. The normalized spacial score (nSPS) is 26.8. The lowest BCUT2D eigenvalue weighted by Gasteiger charge is -2.18. The van der Waals surface area contributed by atoms with Gasteiger partial charge in [0.1, 0.15) is 9.09 Å². The zero-order chi connectivity index (χ0) is 14.3. The van der Waals surface area contributed by atoms with Crippen molar-refractivity contribution in [3.63, 3.8) is 0 Å². The maximum absolute atomic E-state index is 12.3. The summed E-state index contributed by atoms with van der Waals surface area (Å²) < 4.78 is 32.8. The second-order valence-corrected chi connectivity index (χ2v) is 8.14. The van der Waals surface area contributed by atoms with Gasteiger partial charge in [-0.25, -0.2) is 17.9 Å². The summed E-state index contributed by atoms with van der Waals surface area (Å²) in [5.41, 5.74) is 0. The lowest BCUT2D eigenvalue weighted by atomic mass is 10.1. The lowest BCUT2D eigenvalue weighted by Crippen LogP contribution is -2.41. The fourth-order valence-corrected chi connectivity index (χ4v) is 4.91. The number of thiophene rings is 1. The molecule has 110 valence electrons. The van der Waals surface area contributed by atoms with E-state index in [1.165, 1.54) is 12.1 Å². The average molecular weight is 317 g/mol. The highest BCUT2D eigenvalue weighted by Crippen LogP contribution is 2.39. The molecule has 2 N–H and O–H groups in total. The van der Waals surface area contributed by atoms with Crippen LogP contribution >= 0.6 is 11.3 Å². The third kappa shape index (κ3) is 2.73. The standard InChI is InChI=1S/C12H15NO5S2/c14-12(15)9-3-4-10(19-9)20(16,17)13-8-5-6-18-11(8)7-1-2-7/h3-4,7-8,11,13H,1-2,5-6H2,(H,14,15). The fourth-order valence-electron chi connectivity index (χ4n) is 2.46. The Balaban J connectivity index is 1.75. The molecule has 2 heterocycles. The van der Waals surface area contributed by atoms with E-state index in [-0.39, 0.29) is 21.2 Å². The first-order valence-corrected chi connectivity index (χ1v) is 8.74. The topological polar surface area (TPSA) is 92.7 Å². The molecule has 2 unspecified atom stereocenters. The first-order chi connectivity index (χ1) is 9.47. The Morgan fingerprint density at radius 1 is 1.35 bits per heavy atom. The van der Waals surface area contributed by atoms with E-state index in [0.29, 0.717) is 18.9 Å². The maximum atomic E-state index is 12.3. The van der Waals surface area contributed by atoms with E-state index in [0.717, 1.165) is 24.2 Å². The third-order valence-corrected chi connectivity index (χ3v) is 6.64. The van der Waals surface area contributed by atoms with Crippen LogP contribution in [0.15, 0.2) is 16.3 Å². The van der Waals surface area contributed by atoms with Crippen molar-refractivity contribution in [2.45, 2.75) is 35.6 Å². The summed E-state index contributed by atoms with van der Waals surface area (Å²) in [6.45, 7) is 0.569. The molecule has 6 nitrogen and oxygen atoms in total. The van der Waals surface area contributed by atoms with Crippen LogP contribution in [0.2, 0.25) is 0 Å².